The van der Waals surface area contributed by atoms with Gasteiger partial charge in [-0.05, 0) is 54.4 Å². The molecule has 0 atom stereocenters. The van der Waals surface area contributed by atoms with Crippen molar-refractivity contribution in [3.05, 3.63) is 89.4 Å². The summed E-state index contributed by atoms with van der Waals surface area (Å²) >= 11 is 5.85. The highest BCUT2D eigenvalue weighted by atomic mass is 35.5. The van der Waals surface area contributed by atoms with Crippen LogP contribution in [0.4, 0.5) is 5.69 Å². The second-order valence-corrected chi connectivity index (χ2v) is 9.26. The van der Waals surface area contributed by atoms with Crippen LogP contribution in [0.3, 0.4) is 0 Å². The van der Waals surface area contributed by atoms with Crippen LogP contribution in [0.5, 0.6) is 5.75 Å². The summed E-state index contributed by atoms with van der Waals surface area (Å²) in [5, 5.41) is 3.34. The van der Waals surface area contributed by atoms with E-state index in [-0.39, 0.29) is 24.6 Å². The molecule has 6 nitrogen and oxygen atoms in total. The Morgan fingerprint density at radius 3 is 2.31 bits per heavy atom. The fourth-order valence-corrected chi connectivity index (χ4v) is 4.75. The number of carbonyl (C=O) groups is 1. The summed E-state index contributed by atoms with van der Waals surface area (Å²) in [5.41, 5.74) is 1.33. The van der Waals surface area contributed by atoms with Crippen LogP contribution in [0.1, 0.15) is 12.5 Å². The molecule has 0 aliphatic carbocycles. The fraction of sp³-hybridized carbons (Fsp3) is 0.208. The smallest absolute Gasteiger partial charge is 0.264 e. The second-order valence-electron chi connectivity index (χ2n) is 6.96. The lowest BCUT2D eigenvalue weighted by Crippen LogP contribution is -2.42. The summed E-state index contributed by atoms with van der Waals surface area (Å²) in [6.07, 6.45) is 0.632. The molecule has 32 heavy (non-hydrogen) atoms. The number of para-hydroxylation sites is 1. The number of amides is 1. The zero-order chi connectivity index (χ0) is 23.0. The minimum absolute atomic E-state index is 0.129. The van der Waals surface area contributed by atoms with E-state index in [4.69, 9.17) is 16.3 Å². The molecule has 0 heterocycles. The van der Waals surface area contributed by atoms with Gasteiger partial charge in [0.25, 0.3) is 10.0 Å². The Labute approximate surface area is 193 Å². The number of hydrogen-bond donors (Lipinski definition) is 1. The number of rotatable bonds is 10. The second kappa shape index (κ2) is 11.0. The van der Waals surface area contributed by atoms with Gasteiger partial charge in [-0.15, -0.1) is 0 Å². The van der Waals surface area contributed by atoms with Gasteiger partial charge in [-0.25, -0.2) is 8.42 Å². The molecule has 0 unspecified atom stereocenters. The SMILES string of the molecule is CCc1ccccc1N(CC(=O)NCCOc1ccc(Cl)cc1)S(=O)(=O)c1ccccc1. The largest absolute Gasteiger partial charge is 0.492 e. The Kier molecular flexibility index (Phi) is 8.14. The number of ether oxygens (including phenoxy) is 1. The van der Waals surface area contributed by atoms with Gasteiger partial charge in [0.05, 0.1) is 17.1 Å². The third kappa shape index (κ3) is 6.02. The first-order valence-corrected chi connectivity index (χ1v) is 12.0. The van der Waals surface area contributed by atoms with E-state index in [0.717, 1.165) is 9.87 Å². The van der Waals surface area contributed by atoms with E-state index in [1.807, 2.05) is 19.1 Å². The van der Waals surface area contributed by atoms with E-state index in [0.29, 0.717) is 22.9 Å². The van der Waals surface area contributed by atoms with Crippen molar-refractivity contribution < 1.29 is 17.9 Å². The Morgan fingerprint density at radius 1 is 0.969 bits per heavy atom. The van der Waals surface area contributed by atoms with Gasteiger partial charge in [-0.2, -0.15) is 0 Å². The minimum atomic E-state index is -3.93. The van der Waals surface area contributed by atoms with Gasteiger partial charge in [0.2, 0.25) is 5.91 Å². The maximum Gasteiger partial charge on any atom is 0.264 e. The van der Waals surface area contributed by atoms with Crippen LogP contribution < -0.4 is 14.4 Å². The summed E-state index contributed by atoms with van der Waals surface area (Å²) in [5.74, 6) is 0.212. The third-order valence-electron chi connectivity index (χ3n) is 4.77. The first kappa shape index (κ1) is 23.6. The molecule has 3 rings (SSSR count). The van der Waals surface area contributed by atoms with Gasteiger partial charge < -0.3 is 10.1 Å². The molecule has 0 fully saturated rings. The number of nitrogens with zero attached hydrogens (tertiary/aromatic N) is 1. The monoisotopic (exact) mass is 472 g/mol. The number of nitrogens with one attached hydrogen (secondary N) is 1. The van der Waals surface area contributed by atoms with Crippen molar-refractivity contribution in [2.75, 3.05) is 24.0 Å². The van der Waals surface area contributed by atoms with Crippen LogP contribution in [0, 0.1) is 0 Å². The number of benzene rings is 3. The van der Waals surface area contributed by atoms with Crippen LogP contribution in [0.2, 0.25) is 5.02 Å². The number of halogens is 1. The highest BCUT2D eigenvalue weighted by molar-refractivity contribution is 7.92. The summed E-state index contributed by atoms with van der Waals surface area (Å²) in [6.45, 7) is 2.08. The average molecular weight is 473 g/mol. The van der Waals surface area contributed by atoms with Gasteiger partial charge in [0.1, 0.15) is 18.9 Å². The number of anilines is 1. The predicted octanol–water partition coefficient (Wildman–Crippen LogP) is 4.29. The van der Waals surface area contributed by atoms with Crippen molar-refractivity contribution in [1.82, 2.24) is 5.32 Å². The summed E-state index contributed by atoms with van der Waals surface area (Å²) in [6, 6.07) is 22.2. The van der Waals surface area contributed by atoms with Gasteiger partial charge in [-0.3, -0.25) is 9.10 Å². The van der Waals surface area contributed by atoms with E-state index in [2.05, 4.69) is 5.32 Å². The van der Waals surface area contributed by atoms with E-state index in [9.17, 15) is 13.2 Å². The molecule has 168 valence electrons. The molecule has 0 aromatic heterocycles. The van der Waals surface area contributed by atoms with Crippen molar-refractivity contribution in [1.29, 1.82) is 0 Å². The minimum Gasteiger partial charge on any atom is -0.492 e. The van der Waals surface area contributed by atoms with E-state index in [1.54, 1.807) is 54.6 Å². The summed E-state index contributed by atoms with van der Waals surface area (Å²) in [4.78, 5) is 12.8. The van der Waals surface area contributed by atoms with Gasteiger partial charge in [0.15, 0.2) is 0 Å². The fourth-order valence-electron chi connectivity index (χ4n) is 3.15. The molecule has 3 aromatic rings. The topological polar surface area (TPSA) is 75.7 Å². The van der Waals surface area contributed by atoms with Crippen molar-refractivity contribution in [2.45, 2.75) is 18.2 Å². The Hall–Kier alpha value is -3.03. The Bertz CT molecular complexity index is 1140. The van der Waals surface area contributed by atoms with Gasteiger partial charge in [-0.1, -0.05) is 54.9 Å². The third-order valence-corrected chi connectivity index (χ3v) is 6.79. The number of hydrogen-bond acceptors (Lipinski definition) is 4. The zero-order valence-electron chi connectivity index (χ0n) is 17.7. The molecule has 0 saturated heterocycles. The molecule has 0 aliphatic rings. The molecule has 1 N–H and O–H groups in total. The lowest BCUT2D eigenvalue weighted by atomic mass is 10.1. The normalized spacial score (nSPS) is 11.1. The molecule has 8 heteroatoms. The van der Waals surface area contributed by atoms with Crippen molar-refractivity contribution >= 4 is 33.2 Å². The molecular weight excluding hydrogens is 448 g/mol. The number of carbonyl (C=O) groups excluding carboxylic acids is 1. The molecule has 3 aromatic carbocycles. The molecule has 0 saturated carbocycles. The molecule has 0 spiro atoms. The molecule has 0 radical (unpaired) electrons. The van der Waals surface area contributed by atoms with Crippen LogP contribution in [0.25, 0.3) is 0 Å². The Balaban J connectivity index is 1.72. The van der Waals surface area contributed by atoms with Crippen LogP contribution in [0.15, 0.2) is 83.8 Å². The molecule has 0 bridgehead atoms. The maximum absolute atomic E-state index is 13.4. The number of sulfonamides is 1. The molecule has 0 aliphatic heterocycles. The Morgan fingerprint density at radius 2 is 1.62 bits per heavy atom. The first-order valence-electron chi connectivity index (χ1n) is 10.2. The van der Waals surface area contributed by atoms with Crippen molar-refractivity contribution in [2.24, 2.45) is 0 Å². The first-order chi connectivity index (χ1) is 15.4. The predicted molar refractivity (Wildman–Crippen MR) is 127 cm³/mol. The maximum atomic E-state index is 13.4. The van der Waals surface area contributed by atoms with Crippen LogP contribution in [-0.2, 0) is 21.2 Å². The van der Waals surface area contributed by atoms with Crippen molar-refractivity contribution in [3.63, 3.8) is 0 Å². The average Bonchev–Trinajstić information content (AvgIpc) is 2.82. The molecular formula is C24H25ClN2O4S. The lowest BCUT2D eigenvalue weighted by molar-refractivity contribution is -0.119. The quantitative estimate of drug-likeness (QED) is 0.446. The van der Waals surface area contributed by atoms with Crippen molar-refractivity contribution in [3.8, 4) is 5.75 Å². The van der Waals surface area contributed by atoms with Gasteiger partial charge in [0, 0.05) is 5.02 Å². The summed E-state index contributed by atoms with van der Waals surface area (Å²) < 4.78 is 33.5. The van der Waals surface area contributed by atoms with E-state index < -0.39 is 15.9 Å². The van der Waals surface area contributed by atoms with Crippen LogP contribution in [-0.4, -0.2) is 34.0 Å². The van der Waals surface area contributed by atoms with E-state index >= 15 is 0 Å². The highest BCUT2D eigenvalue weighted by Gasteiger charge is 2.28. The standard InChI is InChI=1S/C24H25ClN2O4S/c1-2-19-8-6-7-11-23(19)27(32(29,30)22-9-4-3-5-10-22)18-24(28)26-16-17-31-21-14-12-20(25)13-15-21/h3-15H,2,16-18H2,1H3,(H,26,28). The zero-order valence-corrected chi connectivity index (χ0v) is 19.3. The highest BCUT2D eigenvalue weighted by Crippen LogP contribution is 2.27. The molecule has 1 amide bonds. The van der Waals surface area contributed by atoms with Gasteiger partial charge >= 0.3 is 0 Å². The summed E-state index contributed by atoms with van der Waals surface area (Å²) in [7, 11) is -3.93. The van der Waals surface area contributed by atoms with E-state index in [1.165, 1.54) is 12.1 Å². The lowest BCUT2D eigenvalue weighted by Gasteiger charge is -2.26. The van der Waals surface area contributed by atoms with Crippen LogP contribution >= 0.6 is 11.6 Å². The number of aryl methyl sites for hydroxylation is 1.